The van der Waals surface area contributed by atoms with Gasteiger partial charge in [0.1, 0.15) is 5.58 Å². The average molecular weight is 730 g/mol. The smallest absolute Gasteiger partial charge is 0.265 e. The summed E-state index contributed by atoms with van der Waals surface area (Å²) in [5.41, 5.74) is 15.4. The van der Waals surface area contributed by atoms with Crippen LogP contribution < -0.4 is 20.6 Å². The summed E-state index contributed by atoms with van der Waals surface area (Å²) in [4.78, 5) is 2.52. The number of furan rings is 1. The number of nitrogens with zero attached hydrogens (tertiary/aromatic N) is 3. The molecule has 258 valence electrons. The van der Waals surface area contributed by atoms with Crippen molar-refractivity contribution in [2.45, 2.75) is 0 Å². The van der Waals surface area contributed by atoms with Crippen molar-refractivity contribution in [2.24, 2.45) is 0 Å². The van der Waals surface area contributed by atoms with Gasteiger partial charge in [0, 0.05) is 64.2 Å². The van der Waals surface area contributed by atoms with Gasteiger partial charge >= 0.3 is 0 Å². The number of rotatable bonds is 2. The van der Waals surface area contributed by atoms with Crippen LogP contribution in [0, 0.1) is 0 Å². The van der Waals surface area contributed by atoms with Crippen LogP contribution in [0.1, 0.15) is 0 Å². The lowest BCUT2D eigenvalue weighted by Crippen LogP contribution is -2.59. The number of aromatic nitrogens is 2. The molecule has 0 spiro atoms. The first kappa shape index (κ1) is 29.4. The number of anilines is 3. The topological polar surface area (TPSA) is 26.2 Å². The van der Waals surface area contributed by atoms with Gasteiger partial charge < -0.3 is 18.5 Å². The molecule has 0 unspecified atom stereocenters. The molecule has 0 N–H and O–H groups in total. The van der Waals surface area contributed by atoms with E-state index in [9.17, 15) is 0 Å². The highest BCUT2D eigenvalue weighted by molar-refractivity contribution is 7.34. The zero-order valence-corrected chi connectivity index (χ0v) is 30.7. The average Bonchev–Trinajstić information content (AvgIpc) is 4.01. The highest BCUT2D eigenvalue weighted by Crippen LogP contribution is 2.49. The van der Waals surface area contributed by atoms with E-state index in [1.54, 1.807) is 0 Å². The zero-order chi connectivity index (χ0) is 36.2. The van der Waals surface area contributed by atoms with Gasteiger partial charge in [-0.25, -0.2) is 0 Å². The third-order valence-electron chi connectivity index (χ3n) is 12.5. The third-order valence-corrected chi connectivity index (χ3v) is 13.7. The van der Waals surface area contributed by atoms with Crippen LogP contribution in [0.3, 0.4) is 0 Å². The van der Waals surface area contributed by atoms with Crippen LogP contribution >= 0.6 is 11.3 Å². The highest BCUT2D eigenvalue weighted by atomic mass is 32.1. The number of benzene rings is 8. The molecule has 12 aromatic rings. The minimum atomic E-state index is -0.00207. The fraction of sp³-hybridized carbons (Fsp3) is 0. The van der Waals surface area contributed by atoms with E-state index in [1.165, 1.54) is 92.1 Å². The highest BCUT2D eigenvalue weighted by Gasteiger charge is 2.46. The third kappa shape index (κ3) is 3.48. The van der Waals surface area contributed by atoms with Gasteiger partial charge in [0.2, 0.25) is 0 Å². The van der Waals surface area contributed by atoms with Crippen LogP contribution in [0.4, 0.5) is 17.1 Å². The summed E-state index contributed by atoms with van der Waals surface area (Å²) < 4.78 is 14.5. The molecule has 56 heavy (non-hydrogen) atoms. The van der Waals surface area contributed by atoms with Gasteiger partial charge in [-0.15, -0.1) is 11.3 Å². The summed E-state index contributed by atoms with van der Waals surface area (Å²) in [6.45, 7) is -0.00207. The maximum absolute atomic E-state index is 6.81. The van der Waals surface area contributed by atoms with Crippen LogP contribution in [-0.2, 0) is 0 Å². The van der Waals surface area contributed by atoms with Crippen LogP contribution in [-0.4, -0.2) is 15.8 Å². The molecular weight excluding hydrogens is 701 g/mol. The number of para-hydroxylation sites is 5. The Morgan fingerprint density at radius 2 is 1.12 bits per heavy atom. The summed E-state index contributed by atoms with van der Waals surface area (Å²) in [6, 6.07) is 62.3. The fourth-order valence-electron chi connectivity index (χ4n) is 10.4. The van der Waals surface area contributed by atoms with Crippen molar-refractivity contribution in [3.05, 3.63) is 170 Å². The summed E-state index contributed by atoms with van der Waals surface area (Å²) in [5.74, 6) is 0. The Balaban J connectivity index is 1.21. The molecule has 0 amide bonds. The Labute approximate surface area is 324 Å². The summed E-state index contributed by atoms with van der Waals surface area (Å²) in [5, 5.41) is 8.68. The molecule has 2 aliphatic heterocycles. The quantitative estimate of drug-likeness (QED) is 0.166. The van der Waals surface area contributed by atoms with Gasteiger partial charge in [-0.1, -0.05) is 109 Å². The van der Waals surface area contributed by atoms with E-state index < -0.39 is 0 Å². The summed E-state index contributed by atoms with van der Waals surface area (Å²) in [7, 11) is 0. The van der Waals surface area contributed by atoms with Crippen molar-refractivity contribution >= 4 is 126 Å². The lowest BCUT2D eigenvalue weighted by atomic mass is 9.36. The molecular formula is C50H28BN3OS. The first-order chi connectivity index (χ1) is 27.8. The fourth-order valence-corrected chi connectivity index (χ4v) is 11.7. The van der Waals surface area contributed by atoms with E-state index in [0.717, 1.165) is 27.6 Å². The molecule has 4 aromatic heterocycles. The molecule has 0 fully saturated rings. The minimum absolute atomic E-state index is 0.00207. The summed E-state index contributed by atoms with van der Waals surface area (Å²) >= 11 is 1.94. The Morgan fingerprint density at radius 3 is 2.00 bits per heavy atom. The maximum Gasteiger partial charge on any atom is 0.265 e. The first-order valence-corrected chi connectivity index (χ1v) is 20.0. The van der Waals surface area contributed by atoms with E-state index >= 15 is 0 Å². The standard InChI is InChI=1S/C50H28BN3OS/c1-2-14-29(15-3-1)52-37-22-9-5-18-33(37)44-41(52)28-35-30-16-4-8-21-36(30)53-38-23-13-24-39-45(38)51(46(44)47(35)53)50-48(34-19-7-11-27-43(34)56-50)54(39)40-25-12-20-32-31-17-6-10-26-42(31)55-49(32)40/h1-28H. The van der Waals surface area contributed by atoms with Gasteiger partial charge in [0.25, 0.3) is 6.71 Å². The molecule has 0 saturated carbocycles. The van der Waals surface area contributed by atoms with Crippen molar-refractivity contribution in [3.8, 4) is 11.4 Å². The molecule has 0 atom stereocenters. The van der Waals surface area contributed by atoms with Crippen molar-refractivity contribution in [2.75, 3.05) is 4.90 Å². The Kier molecular flexibility index (Phi) is 5.45. The molecule has 0 saturated heterocycles. The number of fused-ring (bicyclic) bond motifs is 16. The minimum Gasteiger partial charge on any atom is -0.454 e. The molecule has 0 bridgehead atoms. The van der Waals surface area contributed by atoms with Crippen molar-refractivity contribution in [1.82, 2.24) is 9.13 Å². The van der Waals surface area contributed by atoms with Gasteiger partial charge in [0.15, 0.2) is 5.58 Å². The van der Waals surface area contributed by atoms with E-state index in [1.807, 2.05) is 11.3 Å². The first-order valence-electron chi connectivity index (χ1n) is 19.2. The van der Waals surface area contributed by atoms with Crippen LogP contribution in [0.25, 0.3) is 87.0 Å². The van der Waals surface area contributed by atoms with E-state index in [2.05, 4.69) is 184 Å². The zero-order valence-electron chi connectivity index (χ0n) is 29.9. The van der Waals surface area contributed by atoms with Crippen molar-refractivity contribution in [1.29, 1.82) is 0 Å². The van der Waals surface area contributed by atoms with E-state index in [-0.39, 0.29) is 6.71 Å². The van der Waals surface area contributed by atoms with E-state index in [4.69, 9.17) is 4.42 Å². The molecule has 6 heterocycles. The second-order valence-corrected chi connectivity index (χ2v) is 16.2. The van der Waals surface area contributed by atoms with E-state index in [0.29, 0.717) is 0 Å². The Hall–Kier alpha value is -7.02. The molecule has 14 rings (SSSR count). The lowest BCUT2D eigenvalue weighted by Gasteiger charge is -2.39. The number of hydrogen-bond donors (Lipinski definition) is 0. The largest absolute Gasteiger partial charge is 0.454 e. The SMILES string of the molecule is c1ccc(-n2c3ccccc3c3c4c5c(cc32)c2ccccc2n5-c2cccc3c2B4c2sc4ccccc4c2N3c2cccc3c2oc2ccccc23)cc1. The monoisotopic (exact) mass is 729 g/mol. The van der Waals surface area contributed by atoms with Gasteiger partial charge in [-0.3, -0.25) is 0 Å². The van der Waals surface area contributed by atoms with Crippen LogP contribution in [0.15, 0.2) is 174 Å². The van der Waals surface area contributed by atoms with Gasteiger partial charge in [0.05, 0.1) is 33.4 Å². The molecule has 2 aliphatic rings. The van der Waals surface area contributed by atoms with Gasteiger partial charge in [-0.2, -0.15) is 0 Å². The lowest BCUT2D eigenvalue weighted by molar-refractivity contribution is 0.669. The van der Waals surface area contributed by atoms with Crippen molar-refractivity contribution in [3.63, 3.8) is 0 Å². The van der Waals surface area contributed by atoms with Crippen LogP contribution in [0.2, 0.25) is 0 Å². The molecule has 4 nitrogen and oxygen atoms in total. The molecule has 0 radical (unpaired) electrons. The molecule has 8 aromatic carbocycles. The second-order valence-electron chi connectivity index (χ2n) is 15.2. The predicted octanol–water partition coefficient (Wildman–Crippen LogP) is 11.6. The Bertz CT molecular complexity index is 3680. The maximum atomic E-state index is 6.81. The predicted molar refractivity (Wildman–Crippen MR) is 237 cm³/mol. The van der Waals surface area contributed by atoms with Gasteiger partial charge in [-0.05, 0) is 71.6 Å². The Morgan fingerprint density at radius 1 is 0.464 bits per heavy atom. The second kappa shape index (κ2) is 10.4. The van der Waals surface area contributed by atoms with Crippen LogP contribution in [0.5, 0.6) is 0 Å². The molecule has 0 aliphatic carbocycles. The normalized spacial score (nSPS) is 13.3. The summed E-state index contributed by atoms with van der Waals surface area (Å²) in [6.07, 6.45) is 0. The number of hydrogen-bond acceptors (Lipinski definition) is 3. The number of thiophene rings is 1. The van der Waals surface area contributed by atoms with Crippen molar-refractivity contribution < 1.29 is 4.42 Å². The molecule has 6 heteroatoms.